The van der Waals surface area contributed by atoms with E-state index in [0.29, 0.717) is 15.9 Å². The molecule has 0 spiro atoms. The molecule has 11 heteroatoms. The molecule has 0 aliphatic carbocycles. The van der Waals surface area contributed by atoms with Crippen LogP contribution < -0.4 is 9.62 Å². The summed E-state index contributed by atoms with van der Waals surface area (Å²) in [6, 6.07) is 17.3. The van der Waals surface area contributed by atoms with Crippen LogP contribution >= 0.6 is 0 Å². The molecule has 0 saturated heterocycles. The number of amides is 2. The number of sulfonamides is 1. The van der Waals surface area contributed by atoms with E-state index in [0.717, 1.165) is 17.7 Å². The van der Waals surface area contributed by atoms with E-state index in [1.807, 2.05) is 19.1 Å². The molecule has 0 bridgehead atoms. The van der Waals surface area contributed by atoms with Gasteiger partial charge in [0.2, 0.25) is 11.8 Å². The van der Waals surface area contributed by atoms with E-state index in [9.17, 15) is 31.2 Å². The van der Waals surface area contributed by atoms with Gasteiger partial charge in [0.25, 0.3) is 10.0 Å². The number of nitrogens with one attached hydrogen (secondary N) is 1. The van der Waals surface area contributed by atoms with E-state index in [2.05, 4.69) is 5.32 Å². The molecule has 1 atom stereocenters. The van der Waals surface area contributed by atoms with Crippen LogP contribution in [0.1, 0.15) is 30.0 Å². The fraction of sp³-hybridized carbons (Fsp3) is 0.286. The maximum Gasteiger partial charge on any atom is 0.416 e. The maximum atomic E-state index is 13.8. The molecular weight excluding hydrogens is 531 g/mol. The van der Waals surface area contributed by atoms with Gasteiger partial charge in [-0.2, -0.15) is 13.2 Å². The number of rotatable bonds is 10. The van der Waals surface area contributed by atoms with Crippen LogP contribution in [0.5, 0.6) is 0 Å². The van der Waals surface area contributed by atoms with Crippen molar-refractivity contribution in [2.24, 2.45) is 0 Å². The fourth-order valence-corrected chi connectivity index (χ4v) is 5.61. The van der Waals surface area contributed by atoms with Crippen LogP contribution in [-0.2, 0) is 32.3 Å². The Kier molecular flexibility index (Phi) is 9.39. The fourth-order valence-electron chi connectivity index (χ4n) is 4.18. The minimum absolute atomic E-state index is 0.00570. The average Bonchev–Trinajstić information content (AvgIpc) is 2.91. The third-order valence-corrected chi connectivity index (χ3v) is 7.93. The van der Waals surface area contributed by atoms with Crippen molar-refractivity contribution in [2.45, 2.75) is 43.9 Å². The van der Waals surface area contributed by atoms with Gasteiger partial charge in [-0.3, -0.25) is 13.9 Å². The van der Waals surface area contributed by atoms with Gasteiger partial charge in [0.15, 0.2) is 0 Å². The van der Waals surface area contributed by atoms with E-state index in [1.165, 1.54) is 42.3 Å². The highest BCUT2D eigenvalue weighted by Gasteiger charge is 2.35. The highest BCUT2D eigenvalue weighted by molar-refractivity contribution is 7.92. The lowest BCUT2D eigenvalue weighted by Crippen LogP contribution is -2.51. The summed E-state index contributed by atoms with van der Waals surface area (Å²) < 4.78 is 68.5. The zero-order valence-corrected chi connectivity index (χ0v) is 22.6. The van der Waals surface area contributed by atoms with E-state index in [4.69, 9.17) is 0 Å². The number of alkyl halides is 3. The number of hydrogen-bond acceptors (Lipinski definition) is 4. The van der Waals surface area contributed by atoms with Gasteiger partial charge in [0.1, 0.15) is 12.6 Å². The van der Waals surface area contributed by atoms with Gasteiger partial charge in [-0.05, 0) is 49.2 Å². The highest BCUT2D eigenvalue weighted by atomic mass is 32.2. The quantitative estimate of drug-likeness (QED) is 0.387. The van der Waals surface area contributed by atoms with Crippen molar-refractivity contribution in [3.63, 3.8) is 0 Å². The van der Waals surface area contributed by atoms with E-state index >= 15 is 0 Å². The molecule has 3 rings (SSSR count). The molecule has 0 unspecified atom stereocenters. The molecule has 0 fully saturated rings. The highest BCUT2D eigenvalue weighted by Crippen LogP contribution is 2.33. The monoisotopic (exact) mass is 561 g/mol. The first-order chi connectivity index (χ1) is 18.4. The van der Waals surface area contributed by atoms with Gasteiger partial charge < -0.3 is 10.2 Å². The van der Waals surface area contributed by atoms with E-state index in [-0.39, 0.29) is 23.5 Å². The topological polar surface area (TPSA) is 86.8 Å². The molecule has 2 amide bonds. The third-order valence-electron chi connectivity index (χ3n) is 6.14. The Morgan fingerprint density at radius 3 is 2.21 bits per heavy atom. The first kappa shape index (κ1) is 29.7. The first-order valence-corrected chi connectivity index (χ1v) is 13.6. The molecule has 208 valence electrons. The van der Waals surface area contributed by atoms with E-state index in [1.54, 1.807) is 25.1 Å². The third kappa shape index (κ3) is 7.17. The molecule has 0 radical (unpaired) electrons. The van der Waals surface area contributed by atoms with Crippen molar-refractivity contribution < 1.29 is 31.2 Å². The summed E-state index contributed by atoms with van der Waals surface area (Å²) in [5.74, 6) is -1.20. The number of nitrogens with zero attached hydrogens (tertiary/aromatic N) is 2. The van der Waals surface area contributed by atoms with Crippen LogP contribution in [0.3, 0.4) is 0 Å². The number of carbonyl (C=O) groups is 2. The summed E-state index contributed by atoms with van der Waals surface area (Å²) in [7, 11) is -3.04. The first-order valence-electron chi connectivity index (χ1n) is 12.2. The Hall–Kier alpha value is -3.86. The summed E-state index contributed by atoms with van der Waals surface area (Å²) in [6.07, 6.45) is -4.50. The number of anilines is 1. The van der Waals surface area contributed by atoms with Gasteiger partial charge in [0.05, 0.1) is 16.1 Å². The Morgan fingerprint density at radius 2 is 1.62 bits per heavy atom. The molecular formula is C28H30F3N3O4S. The smallest absolute Gasteiger partial charge is 0.357 e. The Bertz CT molecular complexity index is 1410. The van der Waals surface area contributed by atoms with Crippen molar-refractivity contribution in [1.82, 2.24) is 10.2 Å². The molecule has 39 heavy (non-hydrogen) atoms. The molecule has 0 aliphatic heterocycles. The molecule has 1 N–H and O–H groups in total. The molecule has 0 saturated carbocycles. The van der Waals surface area contributed by atoms with Crippen LogP contribution in [0.2, 0.25) is 0 Å². The van der Waals surface area contributed by atoms with Crippen LogP contribution in [0.15, 0.2) is 83.8 Å². The molecule has 7 nitrogen and oxygen atoms in total. The van der Waals surface area contributed by atoms with Crippen LogP contribution in [0, 0.1) is 6.92 Å². The van der Waals surface area contributed by atoms with Crippen molar-refractivity contribution in [3.05, 3.63) is 95.6 Å². The normalized spacial score (nSPS) is 12.5. The second-order valence-electron chi connectivity index (χ2n) is 8.92. The Morgan fingerprint density at radius 1 is 0.949 bits per heavy atom. The van der Waals surface area contributed by atoms with Gasteiger partial charge >= 0.3 is 6.18 Å². The molecule has 3 aromatic rings. The van der Waals surface area contributed by atoms with Gasteiger partial charge in [-0.25, -0.2) is 8.42 Å². The van der Waals surface area contributed by atoms with Crippen LogP contribution in [-0.4, -0.2) is 44.8 Å². The zero-order chi connectivity index (χ0) is 28.8. The van der Waals surface area contributed by atoms with Crippen molar-refractivity contribution in [1.29, 1.82) is 0 Å². The number of benzene rings is 3. The lowest BCUT2D eigenvalue weighted by Gasteiger charge is -2.33. The van der Waals surface area contributed by atoms with Gasteiger partial charge in [-0.15, -0.1) is 0 Å². The SMILES string of the molecule is CC[C@@H](C(=O)NC)N(Cc1cccc(C)c1)C(=O)CN(c1cccc(C(F)(F)F)c1)S(=O)(=O)c1ccccc1. The van der Waals surface area contributed by atoms with Crippen molar-refractivity contribution in [2.75, 3.05) is 17.9 Å². The van der Waals surface area contributed by atoms with Gasteiger partial charge in [0, 0.05) is 13.6 Å². The number of likely N-dealkylation sites (N-methyl/N-ethyl adjacent to an activating group) is 1. The summed E-state index contributed by atoms with van der Waals surface area (Å²) in [5.41, 5.74) is 0.243. The number of halogens is 3. The summed E-state index contributed by atoms with van der Waals surface area (Å²) in [6.45, 7) is 2.75. The minimum Gasteiger partial charge on any atom is -0.357 e. The number of aryl methyl sites for hydroxylation is 1. The molecule has 0 aromatic heterocycles. The van der Waals surface area contributed by atoms with Crippen molar-refractivity contribution >= 4 is 27.5 Å². The molecule has 3 aromatic carbocycles. The standard InChI is InChI=1S/C28H30F3N3O4S/c1-4-25(27(36)32-3)33(18-21-11-8-10-20(2)16-21)26(35)19-34(39(37,38)24-14-6-5-7-15-24)23-13-9-12-22(17-23)28(29,30)31/h5-17,25H,4,18-19H2,1-3H3,(H,32,36)/t25-/m0/s1. The Balaban J connectivity index is 2.11. The number of carbonyl (C=O) groups excluding carboxylic acids is 2. The summed E-state index contributed by atoms with van der Waals surface area (Å²) >= 11 is 0. The van der Waals surface area contributed by atoms with Crippen molar-refractivity contribution in [3.8, 4) is 0 Å². The average molecular weight is 562 g/mol. The lowest BCUT2D eigenvalue weighted by molar-refractivity contribution is -0.140. The predicted molar refractivity (Wildman–Crippen MR) is 142 cm³/mol. The second-order valence-corrected chi connectivity index (χ2v) is 10.8. The summed E-state index contributed by atoms with van der Waals surface area (Å²) in [4.78, 5) is 27.6. The lowest BCUT2D eigenvalue weighted by atomic mass is 10.1. The van der Waals surface area contributed by atoms with E-state index < -0.39 is 46.2 Å². The van der Waals surface area contributed by atoms with Crippen LogP contribution in [0.4, 0.5) is 18.9 Å². The van der Waals surface area contributed by atoms with Crippen LogP contribution in [0.25, 0.3) is 0 Å². The van der Waals surface area contributed by atoms with Gasteiger partial charge in [-0.1, -0.05) is 61.0 Å². The Labute approximate surface area is 226 Å². The maximum absolute atomic E-state index is 13.8. The largest absolute Gasteiger partial charge is 0.416 e. The second kappa shape index (κ2) is 12.3. The molecule has 0 heterocycles. The minimum atomic E-state index is -4.73. The summed E-state index contributed by atoms with van der Waals surface area (Å²) in [5, 5.41) is 2.52. The zero-order valence-electron chi connectivity index (χ0n) is 21.8. The molecule has 0 aliphatic rings. The number of hydrogen-bond donors (Lipinski definition) is 1. The predicted octanol–water partition coefficient (Wildman–Crippen LogP) is 4.76.